The Morgan fingerprint density at radius 3 is 2.21 bits per heavy atom. The number of amides is 3. The topological polar surface area (TPSA) is 87.7 Å². The maximum absolute atomic E-state index is 14.5. The van der Waals surface area contributed by atoms with Gasteiger partial charge in [0.2, 0.25) is 5.91 Å². The Labute approximate surface area is 250 Å². The highest BCUT2D eigenvalue weighted by atomic mass is 16.6. The average molecular weight is 572 g/mol. The van der Waals surface area contributed by atoms with Crippen molar-refractivity contribution in [1.29, 1.82) is 0 Å². The molecule has 0 saturated heterocycles. The molecule has 0 radical (unpaired) electrons. The fourth-order valence-corrected chi connectivity index (χ4v) is 5.35. The third-order valence-corrected chi connectivity index (χ3v) is 7.77. The summed E-state index contributed by atoms with van der Waals surface area (Å²) in [5, 5.41) is 8.03. The van der Waals surface area contributed by atoms with E-state index in [0.29, 0.717) is 12.1 Å². The van der Waals surface area contributed by atoms with Gasteiger partial charge in [0.15, 0.2) is 0 Å². The SMILES string of the molecule is Cc1ccc(C(C(=O)Nc2ccc3ccccc3c2)N(C(=O)C(CC(C)C)NC(=O)OC(C)(C)C)C2CC2C)cc1C. The van der Waals surface area contributed by atoms with Crippen LogP contribution in [0.1, 0.15) is 77.1 Å². The molecule has 3 aromatic carbocycles. The third-order valence-electron chi connectivity index (χ3n) is 7.77. The predicted molar refractivity (Wildman–Crippen MR) is 168 cm³/mol. The molecule has 0 bridgehead atoms. The third kappa shape index (κ3) is 7.69. The van der Waals surface area contributed by atoms with Crippen LogP contribution in [0.15, 0.2) is 60.7 Å². The van der Waals surface area contributed by atoms with Gasteiger partial charge in [-0.1, -0.05) is 69.3 Å². The Morgan fingerprint density at radius 1 is 0.952 bits per heavy atom. The molecule has 1 saturated carbocycles. The summed E-state index contributed by atoms with van der Waals surface area (Å²) in [4.78, 5) is 43.3. The van der Waals surface area contributed by atoms with Gasteiger partial charge < -0.3 is 20.3 Å². The molecule has 4 unspecified atom stereocenters. The number of rotatable bonds is 9. The lowest BCUT2D eigenvalue weighted by Crippen LogP contribution is -2.53. The summed E-state index contributed by atoms with van der Waals surface area (Å²) >= 11 is 0. The molecule has 0 aliphatic heterocycles. The van der Waals surface area contributed by atoms with Gasteiger partial charge in [0.05, 0.1) is 0 Å². The minimum atomic E-state index is -0.881. The smallest absolute Gasteiger partial charge is 0.408 e. The van der Waals surface area contributed by atoms with Gasteiger partial charge in [0, 0.05) is 11.7 Å². The maximum atomic E-state index is 14.5. The molecule has 0 aromatic heterocycles. The summed E-state index contributed by atoms with van der Waals surface area (Å²) in [6.45, 7) is 15.5. The zero-order chi connectivity index (χ0) is 30.8. The number of hydrogen-bond donors (Lipinski definition) is 2. The standard InChI is InChI=1S/C35H45N3O4/c1-21(2)17-29(37-34(41)42-35(6,7)8)33(40)38(30-19-24(30)5)31(27-14-13-22(3)23(4)18-27)32(39)36-28-16-15-25-11-9-10-12-26(25)20-28/h9-16,18,20-21,24,29-31H,17,19H2,1-8H3,(H,36,39)(H,37,41). The Balaban J connectivity index is 1.74. The Hall–Kier alpha value is -3.87. The van der Waals surface area contributed by atoms with E-state index in [9.17, 15) is 14.4 Å². The molecule has 3 aromatic rings. The van der Waals surface area contributed by atoms with Crippen LogP contribution in [0.5, 0.6) is 0 Å². The number of benzene rings is 3. The van der Waals surface area contributed by atoms with E-state index in [2.05, 4.69) is 17.6 Å². The van der Waals surface area contributed by atoms with Crippen molar-refractivity contribution in [1.82, 2.24) is 10.2 Å². The number of ether oxygens (including phenoxy) is 1. The lowest BCUT2D eigenvalue weighted by Gasteiger charge is -2.35. The van der Waals surface area contributed by atoms with E-state index in [-0.39, 0.29) is 29.7 Å². The fraction of sp³-hybridized carbons (Fsp3) is 0.457. The summed E-state index contributed by atoms with van der Waals surface area (Å²) < 4.78 is 5.51. The molecule has 3 amide bonds. The molecular formula is C35H45N3O4. The van der Waals surface area contributed by atoms with Gasteiger partial charge in [-0.2, -0.15) is 0 Å². The van der Waals surface area contributed by atoms with Crippen LogP contribution in [-0.2, 0) is 14.3 Å². The quantitative estimate of drug-likeness (QED) is 0.282. The normalized spacial score (nSPS) is 17.8. The van der Waals surface area contributed by atoms with Crippen molar-refractivity contribution in [2.24, 2.45) is 11.8 Å². The minimum absolute atomic E-state index is 0.124. The van der Waals surface area contributed by atoms with Crippen molar-refractivity contribution < 1.29 is 19.1 Å². The Morgan fingerprint density at radius 2 is 1.62 bits per heavy atom. The zero-order valence-corrected chi connectivity index (χ0v) is 26.2. The molecule has 7 nitrogen and oxygen atoms in total. The van der Waals surface area contributed by atoms with Crippen LogP contribution < -0.4 is 10.6 Å². The van der Waals surface area contributed by atoms with E-state index in [1.807, 2.05) is 88.4 Å². The molecule has 2 N–H and O–H groups in total. The summed E-state index contributed by atoms with van der Waals surface area (Å²) in [6, 6.07) is 17.9. The molecule has 1 aliphatic rings. The highest BCUT2D eigenvalue weighted by Crippen LogP contribution is 2.41. The van der Waals surface area contributed by atoms with Crippen LogP contribution in [0, 0.1) is 25.7 Å². The van der Waals surface area contributed by atoms with Gasteiger partial charge in [0.1, 0.15) is 17.7 Å². The average Bonchev–Trinajstić information content (AvgIpc) is 3.62. The summed E-state index contributed by atoms with van der Waals surface area (Å²) in [5.41, 5.74) is 2.84. The maximum Gasteiger partial charge on any atom is 0.408 e. The second-order valence-corrected chi connectivity index (χ2v) is 13.2. The highest BCUT2D eigenvalue weighted by molar-refractivity contribution is 6.00. The zero-order valence-electron chi connectivity index (χ0n) is 26.2. The van der Waals surface area contributed by atoms with Gasteiger partial charge in [-0.3, -0.25) is 9.59 Å². The van der Waals surface area contributed by atoms with Crippen LogP contribution in [0.25, 0.3) is 10.8 Å². The lowest BCUT2D eigenvalue weighted by atomic mass is 9.96. The van der Waals surface area contributed by atoms with Crippen molar-refractivity contribution in [3.63, 3.8) is 0 Å². The summed E-state index contributed by atoms with van der Waals surface area (Å²) in [6.07, 6.45) is 0.562. The Bertz CT molecular complexity index is 1460. The van der Waals surface area contributed by atoms with Crippen LogP contribution in [0.3, 0.4) is 0 Å². The number of alkyl carbamates (subject to hydrolysis) is 1. The van der Waals surface area contributed by atoms with Crippen molar-refractivity contribution in [3.05, 3.63) is 77.4 Å². The molecule has 224 valence electrons. The molecule has 0 heterocycles. The van der Waals surface area contributed by atoms with Gasteiger partial charge in [-0.05, 0) is 98.9 Å². The minimum Gasteiger partial charge on any atom is -0.444 e. The summed E-state index contributed by atoms with van der Waals surface area (Å²) in [7, 11) is 0. The van der Waals surface area contributed by atoms with E-state index in [0.717, 1.165) is 33.9 Å². The number of aryl methyl sites for hydroxylation is 2. The van der Waals surface area contributed by atoms with Crippen molar-refractivity contribution >= 4 is 34.4 Å². The van der Waals surface area contributed by atoms with Crippen molar-refractivity contribution in [2.45, 2.75) is 92.0 Å². The molecule has 7 heteroatoms. The second-order valence-electron chi connectivity index (χ2n) is 13.2. The van der Waals surface area contributed by atoms with Gasteiger partial charge >= 0.3 is 6.09 Å². The van der Waals surface area contributed by atoms with Crippen LogP contribution >= 0.6 is 0 Å². The first-order chi connectivity index (χ1) is 19.7. The first-order valence-corrected chi connectivity index (χ1v) is 14.9. The van der Waals surface area contributed by atoms with Crippen molar-refractivity contribution in [3.8, 4) is 0 Å². The number of fused-ring (bicyclic) bond motifs is 1. The number of anilines is 1. The predicted octanol–water partition coefficient (Wildman–Crippen LogP) is 7.31. The number of carbonyl (C=O) groups excluding carboxylic acids is 3. The molecule has 1 fully saturated rings. The van der Waals surface area contributed by atoms with E-state index >= 15 is 0 Å². The van der Waals surface area contributed by atoms with E-state index < -0.39 is 23.8 Å². The summed E-state index contributed by atoms with van der Waals surface area (Å²) in [5.74, 6) is -0.209. The van der Waals surface area contributed by atoms with E-state index in [1.54, 1.807) is 25.7 Å². The second kappa shape index (κ2) is 12.6. The number of hydrogen-bond acceptors (Lipinski definition) is 4. The fourth-order valence-electron chi connectivity index (χ4n) is 5.35. The van der Waals surface area contributed by atoms with Gasteiger partial charge in [-0.15, -0.1) is 0 Å². The number of nitrogens with zero attached hydrogens (tertiary/aromatic N) is 1. The van der Waals surface area contributed by atoms with Gasteiger partial charge in [0.25, 0.3) is 5.91 Å². The molecule has 0 spiro atoms. The Kier molecular flexibility index (Phi) is 9.29. The number of carbonyl (C=O) groups is 3. The molecule has 1 aliphatic carbocycles. The molecule has 4 atom stereocenters. The van der Waals surface area contributed by atoms with Crippen LogP contribution in [0.2, 0.25) is 0 Å². The number of nitrogens with one attached hydrogen (secondary N) is 2. The molecule has 4 rings (SSSR count). The monoisotopic (exact) mass is 571 g/mol. The largest absolute Gasteiger partial charge is 0.444 e. The van der Waals surface area contributed by atoms with E-state index in [4.69, 9.17) is 4.74 Å². The highest BCUT2D eigenvalue weighted by Gasteiger charge is 2.48. The molecular weight excluding hydrogens is 526 g/mol. The lowest BCUT2D eigenvalue weighted by molar-refractivity contribution is -0.142. The first-order valence-electron chi connectivity index (χ1n) is 14.9. The van der Waals surface area contributed by atoms with Crippen molar-refractivity contribution in [2.75, 3.05) is 5.32 Å². The first kappa shape index (κ1) is 31.1. The van der Waals surface area contributed by atoms with E-state index in [1.165, 1.54) is 0 Å². The van der Waals surface area contributed by atoms with Crippen LogP contribution in [-0.4, -0.2) is 40.5 Å². The van der Waals surface area contributed by atoms with Crippen LogP contribution in [0.4, 0.5) is 10.5 Å². The molecule has 42 heavy (non-hydrogen) atoms. The van der Waals surface area contributed by atoms with Gasteiger partial charge in [-0.25, -0.2) is 4.79 Å².